The highest BCUT2D eigenvalue weighted by Crippen LogP contribution is 2.27. The van der Waals surface area contributed by atoms with E-state index in [1.807, 2.05) is 11.3 Å². The van der Waals surface area contributed by atoms with Gasteiger partial charge >= 0.3 is 0 Å². The molecule has 1 saturated heterocycles. The maximum absolute atomic E-state index is 5.94. The van der Waals surface area contributed by atoms with Gasteiger partial charge in [0.25, 0.3) is 0 Å². The molecule has 2 heterocycles. The van der Waals surface area contributed by atoms with Gasteiger partial charge in [0.2, 0.25) is 0 Å². The lowest BCUT2D eigenvalue weighted by Crippen LogP contribution is -2.39. The Balaban J connectivity index is 1.76. The molecule has 2 nitrogen and oxygen atoms in total. The molecule has 17 heavy (non-hydrogen) atoms. The highest BCUT2D eigenvalue weighted by atomic mass is 32.1. The van der Waals surface area contributed by atoms with E-state index in [0.29, 0.717) is 6.04 Å². The first-order valence-electron chi connectivity index (χ1n) is 6.26. The molecule has 90 valence electrons. The van der Waals surface area contributed by atoms with Gasteiger partial charge in [0, 0.05) is 17.3 Å². The Hall–Kier alpha value is -0.900. The molecule has 0 spiro atoms. The van der Waals surface area contributed by atoms with Gasteiger partial charge in [0.1, 0.15) is 0 Å². The molecule has 0 bridgehead atoms. The predicted octanol–water partition coefficient (Wildman–Crippen LogP) is 2.82. The summed E-state index contributed by atoms with van der Waals surface area (Å²) in [4.78, 5) is 2.53. The van der Waals surface area contributed by atoms with Crippen molar-refractivity contribution in [1.29, 1.82) is 0 Å². The smallest absolute Gasteiger partial charge is 0.0346 e. The minimum absolute atomic E-state index is 0.422. The molecular formula is C14H18N2S. The Labute approximate surface area is 106 Å². The van der Waals surface area contributed by atoms with Crippen LogP contribution in [0, 0.1) is 0 Å². The number of nitrogens with two attached hydrogens (primary N) is 1. The Morgan fingerprint density at radius 1 is 1.24 bits per heavy atom. The Kier molecular flexibility index (Phi) is 3.14. The summed E-state index contributed by atoms with van der Waals surface area (Å²) in [5.41, 5.74) is 7.41. The second-order valence-electron chi connectivity index (χ2n) is 4.87. The van der Waals surface area contributed by atoms with Crippen molar-refractivity contribution < 1.29 is 0 Å². The third-order valence-corrected chi connectivity index (χ3v) is 4.60. The van der Waals surface area contributed by atoms with Crippen LogP contribution in [-0.4, -0.2) is 24.0 Å². The summed E-state index contributed by atoms with van der Waals surface area (Å²) in [6, 6.07) is 9.10. The van der Waals surface area contributed by atoms with Gasteiger partial charge in [0.15, 0.2) is 0 Å². The van der Waals surface area contributed by atoms with Crippen molar-refractivity contribution in [3.05, 3.63) is 35.2 Å². The van der Waals surface area contributed by atoms with E-state index in [1.165, 1.54) is 15.6 Å². The van der Waals surface area contributed by atoms with Crippen molar-refractivity contribution in [2.45, 2.75) is 25.4 Å². The molecule has 0 unspecified atom stereocenters. The standard InChI is InChI=1S/C14H18N2S/c15-12-5-7-16(8-6-12)9-11-10-17-14-4-2-1-3-13(11)14/h1-4,10,12H,5-9,15H2. The maximum Gasteiger partial charge on any atom is 0.0346 e. The van der Waals surface area contributed by atoms with Crippen LogP contribution in [0.4, 0.5) is 0 Å². The quantitative estimate of drug-likeness (QED) is 0.883. The number of nitrogens with zero attached hydrogens (tertiary/aromatic N) is 1. The van der Waals surface area contributed by atoms with E-state index in [0.717, 1.165) is 32.5 Å². The average molecular weight is 246 g/mol. The minimum atomic E-state index is 0.422. The summed E-state index contributed by atoms with van der Waals surface area (Å²) in [5, 5.41) is 3.73. The molecule has 1 aliphatic rings. The second kappa shape index (κ2) is 4.77. The average Bonchev–Trinajstić information content (AvgIpc) is 2.76. The van der Waals surface area contributed by atoms with Gasteiger partial charge in [-0.25, -0.2) is 0 Å². The van der Waals surface area contributed by atoms with Crippen LogP contribution in [-0.2, 0) is 6.54 Å². The van der Waals surface area contributed by atoms with Crippen molar-refractivity contribution in [3.8, 4) is 0 Å². The van der Waals surface area contributed by atoms with E-state index in [2.05, 4.69) is 34.5 Å². The lowest BCUT2D eigenvalue weighted by atomic mass is 10.1. The number of fused-ring (bicyclic) bond motifs is 1. The van der Waals surface area contributed by atoms with Crippen LogP contribution in [0.5, 0.6) is 0 Å². The summed E-state index contributed by atoms with van der Waals surface area (Å²) >= 11 is 1.85. The van der Waals surface area contributed by atoms with Gasteiger partial charge < -0.3 is 5.73 Å². The number of hydrogen-bond acceptors (Lipinski definition) is 3. The highest BCUT2D eigenvalue weighted by Gasteiger charge is 2.17. The van der Waals surface area contributed by atoms with Gasteiger partial charge in [-0.15, -0.1) is 11.3 Å². The summed E-state index contributed by atoms with van der Waals surface area (Å²) < 4.78 is 1.40. The largest absolute Gasteiger partial charge is 0.328 e. The van der Waals surface area contributed by atoms with Crippen LogP contribution in [0.3, 0.4) is 0 Å². The topological polar surface area (TPSA) is 29.3 Å². The Morgan fingerprint density at radius 3 is 2.82 bits per heavy atom. The monoisotopic (exact) mass is 246 g/mol. The second-order valence-corrected chi connectivity index (χ2v) is 5.78. The Morgan fingerprint density at radius 2 is 2.00 bits per heavy atom. The number of piperidine rings is 1. The van der Waals surface area contributed by atoms with E-state index >= 15 is 0 Å². The predicted molar refractivity (Wildman–Crippen MR) is 74.3 cm³/mol. The van der Waals surface area contributed by atoms with Crippen LogP contribution < -0.4 is 5.73 Å². The molecule has 1 aromatic heterocycles. The van der Waals surface area contributed by atoms with Crippen molar-refractivity contribution in [2.75, 3.05) is 13.1 Å². The number of likely N-dealkylation sites (tertiary alicyclic amines) is 1. The summed E-state index contributed by atoms with van der Waals surface area (Å²) in [7, 11) is 0. The number of hydrogen-bond donors (Lipinski definition) is 1. The summed E-state index contributed by atoms with van der Waals surface area (Å²) in [5.74, 6) is 0. The number of rotatable bonds is 2. The zero-order valence-electron chi connectivity index (χ0n) is 9.93. The molecule has 3 heteroatoms. The van der Waals surface area contributed by atoms with E-state index < -0.39 is 0 Å². The fourth-order valence-corrected chi connectivity index (χ4v) is 3.46. The van der Waals surface area contributed by atoms with Crippen molar-refractivity contribution in [3.63, 3.8) is 0 Å². The van der Waals surface area contributed by atoms with Crippen molar-refractivity contribution in [2.24, 2.45) is 5.73 Å². The van der Waals surface area contributed by atoms with Crippen LogP contribution in [0.15, 0.2) is 29.6 Å². The molecule has 2 aromatic rings. The van der Waals surface area contributed by atoms with Crippen LogP contribution in [0.25, 0.3) is 10.1 Å². The molecule has 0 saturated carbocycles. The van der Waals surface area contributed by atoms with Gasteiger partial charge in [-0.3, -0.25) is 4.90 Å². The molecule has 0 radical (unpaired) electrons. The van der Waals surface area contributed by atoms with E-state index in [9.17, 15) is 0 Å². The highest BCUT2D eigenvalue weighted by molar-refractivity contribution is 7.17. The molecule has 1 aromatic carbocycles. The molecule has 0 atom stereocenters. The first kappa shape index (κ1) is 11.2. The molecular weight excluding hydrogens is 228 g/mol. The number of thiophene rings is 1. The van der Waals surface area contributed by atoms with Gasteiger partial charge in [-0.05, 0) is 48.3 Å². The lowest BCUT2D eigenvalue weighted by molar-refractivity contribution is 0.206. The molecule has 2 N–H and O–H groups in total. The van der Waals surface area contributed by atoms with Crippen molar-refractivity contribution in [1.82, 2.24) is 4.90 Å². The fourth-order valence-electron chi connectivity index (χ4n) is 2.51. The van der Waals surface area contributed by atoms with E-state index in [4.69, 9.17) is 5.73 Å². The fraction of sp³-hybridized carbons (Fsp3) is 0.429. The third kappa shape index (κ3) is 2.37. The van der Waals surface area contributed by atoms with Gasteiger partial charge in [0.05, 0.1) is 0 Å². The van der Waals surface area contributed by atoms with Crippen LogP contribution in [0.2, 0.25) is 0 Å². The molecule has 0 amide bonds. The first-order chi connectivity index (χ1) is 8.33. The van der Waals surface area contributed by atoms with E-state index in [-0.39, 0.29) is 0 Å². The van der Waals surface area contributed by atoms with E-state index in [1.54, 1.807) is 0 Å². The van der Waals surface area contributed by atoms with Gasteiger partial charge in [-0.1, -0.05) is 18.2 Å². The Bertz CT molecular complexity index is 498. The van der Waals surface area contributed by atoms with Crippen molar-refractivity contribution >= 4 is 21.4 Å². The third-order valence-electron chi connectivity index (χ3n) is 3.59. The summed E-state index contributed by atoms with van der Waals surface area (Å²) in [6.07, 6.45) is 2.28. The molecule has 1 aliphatic heterocycles. The summed E-state index contributed by atoms with van der Waals surface area (Å²) in [6.45, 7) is 3.37. The van der Waals surface area contributed by atoms with Crippen LogP contribution in [0.1, 0.15) is 18.4 Å². The molecule has 3 rings (SSSR count). The lowest BCUT2D eigenvalue weighted by Gasteiger charge is -2.29. The molecule has 0 aliphatic carbocycles. The maximum atomic E-state index is 5.94. The first-order valence-corrected chi connectivity index (χ1v) is 7.14. The van der Waals surface area contributed by atoms with Gasteiger partial charge in [-0.2, -0.15) is 0 Å². The molecule has 1 fully saturated rings. The minimum Gasteiger partial charge on any atom is -0.328 e. The zero-order valence-corrected chi connectivity index (χ0v) is 10.7. The number of benzene rings is 1. The van der Waals surface area contributed by atoms with Crippen LogP contribution >= 0.6 is 11.3 Å². The SMILES string of the molecule is NC1CCN(Cc2csc3ccccc23)CC1. The zero-order chi connectivity index (χ0) is 11.7. The normalized spacial score (nSPS) is 18.9.